The minimum absolute atomic E-state index is 0.0905. The Bertz CT molecular complexity index is 170. The Labute approximate surface area is 93.7 Å². The van der Waals surface area contributed by atoms with Crippen molar-refractivity contribution in [2.24, 2.45) is 5.92 Å². The molecule has 4 heteroatoms. The molecule has 14 heavy (non-hydrogen) atoms. The average Bonchev–Trinajstić information content (AvgIpc) is 2.25. The predicted molar refractivity (Wildman–Crippen MR) is 59.6 cm³/mol. The van der Waals surface area contributed by atoms with E-state index in [0.29, 0.717) is 6.61 Å². The number of hydrogen-bond acceptors (Lipinski definition) is 2. The molecule has 0 aromatic carbocycles. The van der Waals surface area contributed by atoms with Crippen LogP contribution in [0.4, 0.5) is 0 Å². The summed E-state index contributed by atoms with van der Waals surface area (Å²) in [5, 5.41) is 3.96. The topological polar surface area (TPSA) is 38.3 Å². The molecule has 1 aliphatic heterocycles. The summed E-state index contributed by atoms with van der Waals surface area (Å²) in [5.41, 5.74) is 0. The van der Waals surface area contributed by atoms with Crippen LogP contribution in [0.5, 0.6) is 0 Å². The molecule has 0 bridgehead atoms. The fourth-order valence-electron chi connectivity index (χ4n) is 1.52. The largest absolute Gasteiger partial charge is 0.381 e. The predicted octanol–water partition coefficient (Wildman–Crippen LogP) is 1.70. The fraction of sp³-hybridized carbons (Fsp3) is 0.900. The van der Waals surface area contributed by atoms with Gasteiger partial charge < -0.3 is 10.1 Å². The fourth-order valence-corrected chi connectivity index (χ4v) is 1.92. The third-order valence-corrected chi connectivity index (χ3v) is 2.95. The molecule has 1 aliphatic rings. The standard InChI is InChI=1S/C10H18BrNO2/c11-5-1-2-6-12-10(13)9-4-3-7-14-8-9/h9H,1-8H2,(H,12,13). The Morgan fingerprint density at radius 1 is 1.50 bits per heavy atom. The molecule has 0 radical (unpaired) electrons. The maximum absolute atomic E-state index is 11.6. The lowest BCUT2D eigenvalue weighted by Crippen LogP contribution is -2.36. The molecule has 3 nitrogen and oxygen atoms in total. The number of carbonyl (C=O) groups is 1. The van der Waals surface area contributed by atoms with E-state index < -0.39 is 0 Å². The number of unbranched alkanes of at least 4 members (excludes halogenated alkanes) is 1. The van der Waals surface area contributed by atoms with Crippen LogP contribution in [0.15, 0.2) is 0 Å². The van der Waals surface area contributed by atoms with Crippen LogP contribution < -0.4 is 5.32 Å². The Hall–Kier alpha value is -0.0900. The van der Waals surface area contributed by atoms with E-state index in [1.54, 1.807) is 0 Å². The summed E-state index contributed by atoms with van der Waals surface area (Å²) >= 11 is 3.36. The second-order valence-corrected chi connectivity index (χ2v) is 4.39. The first-order valence-electron chi connectivity index (χ1n) is 5.26. The summed E-state index contributed by atoms with van der Waals surface area (Å²) in [6.45, 7) is 2.21. The van der Waals surface area contributed by atoms with Crippen molar-refractivity contribution in [2.45, 2.75) is 25.7 Å². The van der Waals surface area contributed by atoms with Crippen molar-refractivity contribution in [3.05, 3.63) is 0 Å². The number of amides is 1. The van der Waals surface area contributed by atoms with Gasteiger partial charge in [0.2, 0.25) is 5.91 Å². The van der Waals surface area contributed by atoms with Crippen LogP contribution in [-0.4, -0.2) is 31.0 Å². The van der Waals surface area contributed by atoms with Crippen LogP contribution in [0.1, 0.15) is 25.7 Å². The van der Waals surface area contributed by atoms with E-state index in [4.69, 9.17) is 4.74 Å². The Morgan fingerprint density at radius 3 is 3.00 bits per heavy atom. The molecular formula is C10H18BrNO2. The maximum atomic E-state index is 11.6. The highest BCUT2D eigenvalue weighted by Gasteiger charge is 2.20. The number of nitrogens with one attached hydrogen (secondary N) is 1. The van der Waals surface area contributed by atoms with Crippen LogP contribution in [0, 0.1) is 5.92 Å². The zero-order valence-electron chi connectivity index (χ0n) is 8.43. The van der Waals surface area contributed by atoms with Gasteiger partial charge in [-0.1, -0.05) is 15.9 Å². The molecule has 0 aliphatic carbocycles. The number of alkyl halides is 1. The van der Waals surface area contributed by atoms with Crippen LogP contribution in [-0.2, 0) is 9.53 Å². The van der Waals surface area contributed by atoms with E-state index in [1.807, 2.05) is 0 Å². The van der Waals surface area contributed by atoms with Gasteiger partial charge in [0.15, 0.2) is 0 Å². The van der Waals surface area contributed by atoms with E-state index in [9.17, 15) is 4.79 Å². The van der Waals surface area contributed by atoms with Gasteiger partial charge in [-0.05, 0) is 25.7 Å². The van der Waals surface area contributed by atoms with Crippen molar-refractivity contribution in [3.63, 3.8) is 0 Å². The molecule has 82 valence electrons. The zero-order valence-corrected chi connectivity index (χ0v) is 10.0. The zero-order chi connectivity index (χ0) is 10.2. The molecule has 1 heterocycles. The first-order chi connectivity index (χ1) is 6.84. The van der Waals surface area contributed by atoms with Crippen LogP contribution >= 0.6 is 15.9 Å². The second-order valence-electron chi connectivity index (χ2n) is 3.60. The number of ether oxygens (including phenoxy) is 1. The molecule has 1 unspecified atom stereocenters. The number of hydrogen-bond donors (Lipinski definition) is 1. The third kappa shape index (κ3) is 4.42. The number of rotatable bonds is 5. The van der Waals surface area contributed by atoms with Gasteiger partial charge in [-0.15, -0.1) is 0 Å². The Kier molecular flexibility index (Phi) is 6.19. The lowest BCUT2D eigenvalue weighted by atomic mass is 10.0. The summed E-state index contributed by atoms with van der Waals surface area (Å²) in [4.78, 5) is 11.6. The number of carbonyl (C=O) groups excluding carboxylic acids is 1. The van der Waals surface area contributed by atoms with Gasteiger partial charge in [0.25, 0.3) is 0 Å². The number of halogens is 1. The van der Waals surface area contributed by atoms with Gasteiger partial charge in [0.1, 0.15) is 0 Å². The van der Waals surface area contributed by atoms with Crippen LogP contribution in [0.25, 0.3) is 0 Å². The molecule has 0 aromatic heterocycles. The minimum atomic E-state index is 0.0905. The summed E-state index contributed by atoms with van der Waals surface area (Å²) in [6.07, 6.45) is 4.15. The summed E-state index contributed by atoms with van der Waals surface area (Å²) < 4.78 is 5.26. The first kappa shape index (κ1) is 12.0. The van der Waals surface area contributed by atoms with Gasteiger partial charge in [-0.2, -0.15) is 0 Å². The quantitative estimate of drug-likeness (QED) is 0.606. The lowest BCUT2D eigenvalue weighted by molar-refractivity contribution is -0.128. The molecule has 0 aromatic rings. The van der Waals surface area contributed by atoms with Gasteiger partial charge in [0, 0.05) is 18.5 Å². The highest BCUT2D eigenvalue weighted by Crippen LogP contribution is 2.13. The van der Waals surface area contributed by atoms with E-state index in [-0.39, 0.29) is 11.8 Å². The SMILES string of the molecule is O=C(NCCCCBr)C1CCCOC1. The molecule has 1 N–H and O–H groups in total. The summed E-state index contributed by atoms with van der Waals surface area (Å²) in [6, 6.07) is 0. The summed E-state index contributed by atoms with van der Waals surface area (Å²) in [5.74, 6) is 0.256. The summed E-state index contributed by atoms with van der Waals surface area (Å²) in [7, 11) is 0. The first-order valence-corrected chi connectivity index (χ1v) is 6.38. The van der Waals surface area contributed by atoms with Gasteiger partial charge >= 0.3 is 0 Å². The van der Waals surface area contributed by atoms with Crippen molar-refractivity contribution < 1.29 is 9.53 Å². The molecule has 1 saturated heterocycles. The molecule has 0 spiro atoms. The van der Waals surface area contributed by atoms with Gasteiger partial charge in [0.05, 0.1) is 12.5 Å². The molecule has 1 amide bonds. The molecule has 1 rings (SSSR count). The lowest BCUT2D eigenvalue weighted by Gasteiger charge is -2.21. The highest BCUT2D eigenvalue weighted by molar-refractivity contribution is 9.09. The average molecular weight is 264 g/mol. The van der Waals surface area contributed by atoms with Gasteiger partial charge in [-0.3, -0.25) is 4.79 Å². The Morgan fingerprint density at radius 2 is 2.36 bits per heavy atom. The minimum Gasteiger partial charge on any atom is -0.381 e. The van der Waals surface area contributed by atoms with E-state index in [0.717, 1.165) is 44.2 Å². The van der Waals surface area contributed by atoms with Crippen LogP contribution in [0.3, 0.4) is 0 Å². The Balaban J connectivity index is 2.07. The molecule has 0 saturated carbocycles. The third-order valence-electron chi connectivity index (χ3n) is 2.39. The molecular weight excluding hydrogens is 246 g/mol. The van der Waals surface area contributed by atoms with Crippen LogP contribution in [0.2, 0.25) is 0 Å². The van der Waals surface area contributed by atoms with Crippen molar-refractivity contribution in [3.8, 4) is 0 Å². The van der Waals surface area contributed by atoms with E-state index >= 15 is 0 Å². The second kappa shape index (κ2) is 7.23. The molecule has 1 atom stereocenters. The van der Waals surface area contributed by atoms with E-state index in [2.05, 4.69) is 21.2 Å². The highest BCUT2D eigenvalue weighted by atomic mass is 79.9. The smallest absolute Gasteiger partial charge is 0.225 e. The van der Waals surface area contributed by atoms with E-state index in [1.165, 1.54) is 0 Å². The molecule has 1 fully saturated rings. The normalized spacial score (nSPS) is 21.9. The monoisotopic (exact) mass is 263 g/mol. The van der Waals surface area contributed by atoms with Crippen molar-refractivity contribution in [1.29, 1.82) is 0 Å². The van der Waals surface area contributed by atoms with Gasteiger partial charge in [-0.25, -0.2) is 0 Å². The maximum Gasteiger partial charge on any atom is 0.225 e. The van der Waals surface area contributed by atoms with Crippen molar-refractivity contribution in [2.75, 3.05) is 25.1 Å². The van der Waals surface area contributed by atoms with Crippen molar-refractivity contribution in [1.82, 2.24) is 5.32 Å². The van der Waals surface area contributed by atoms with Crippen molar-refractivity contribution >= 4 is 21.8 Å².